The van der Waals surface area contributed by atoms with E-state index in [1.165, 1.54) is 57.6 Å². The highest BCUT2D eigenvalue weighted by molar-refractivity contribution is 9.10. The van der Waals surface area contributed by atoms with Gasteiger partial charge in [-0.25, -0.2) is 8.42 Å². The maximum Gasteiger partial charge on any atom is 0.265 e. The van der Waals surface area contributed by atoms with Crippen LogP contribution in [0.2, 0.25) is 0 Å². The molecule has 4 rings (SSSR count). The molecule has 266 valence electrons. The molecule has 0 bridgehead atoms. The zero-order valence-electron chi connectivity index (χ0n) is 28.7. The smallest absolute Gasteiger partial charge is 0.265 e. The quantitative estimate of drug-likeness (QED) is 0.142. The highest BCUT2D eigenvalue weighted by atomic mass is 79.9. The number of nitrogens with one attached hydrogen (secondary N) is 1. The van der Waals surface area contributed by atoms with Crippen molar-refractivity contribution in [1.29, 1.82) is 0 Å². The molecular weight excluding hydrogens is 726 g/mol. The molecule has 0 heterocycles. The van der Waals surface area contributed by atoms with Crippen molar-refractivity contribution < 1.29 is 37.0 Å². The number of rotatable bonds is 17. The Morgan fingerprint density at radius 2 is 1.44 bits per heavy atom. The van der Waals surface area contributed by atoms with Gasteiger partial charge in [0.25, 0.3) is 10.0 Å². The molecule has 0 aliphatic carbocycles. The largest absolute Gasteiger partial charge is 0.497 e. The average molecular weight is 769 g/mol. The second-order valence-electron chi connectivity index (χ2n) is 11.2. The molecule has 1 N–H and O–H groups in total. The lowest BCUT2D eigenvalue weighted by Crippen LogP contribution is -2.53. The number of carbonyl (C=O) groups is 2. The molecular formula is C37H42BrN3O8S. The molecule has 0 aliphatic rings. The van der Waals surface area contributed by atoms with E-state index in [1.54, 1.807) is 12.1 Å². The molecule has 0 radical (unpaired) electrons. The molecule has 1 atom stereocenters. The van der Waals surface area contributed by atoms with E-state index < -0.39 is 28.5 Å². The minimum atomic E-state index is -4.49. The maximum atomic E-state index is 14.8. The fourth-order valence-electron chi connectivity index (χ4n) is 5.32. The van der Waals surface area contributed by atoms with Gasteiger partial charge < -0.3 is 29.2 Å². The molecule has 4 aromatic carbocycles. The van der Waals surface area contributed by atoms with Crippen LogP contribution in [0.1, 0.15) is 24.5 Å². The first-order valence-corrected chi connectivity index (χ1v) is 18.1. The lowest BCUT2D eigenvalue weighted by molar-refractivity contribution is -0.140. The normalized spacial score (nSPS) is 11.6. The zero-order valence-corrected chi connectivity index (χ0v) is 31.1. The average Bonchev–Trinajstić information content (AvgIpc) is 3.14. The first-order valence-electron chi connectivity index (χ1n) is 15.9. The van der Waals surface area contributed by atoms with E-state index in [0.717, 1.165) is 19.9 Å². The Morgan fingerprint density at radius 3 is 2.06 bits per heavy atom. The van der Waals surface area contributed by atoms with Gasteiger partial charge in [-0.15, -0.1) is 0 Å². The van der Waals surface area contributed by atoms with E-state index in [1.807, 2.05) is 61.5 Å². The monoisotopic (exact) mass is 767 g/mol. The predicted molar refractivity (Wildman–Crippen MR) is 196 cm³/mol. The van der Waals surface area contributed by atoms with Gasteiger partial charge in [0.1, 0.15) is 24.1 Å². The minimum Gasteiger partial charge on any atom is -0.497 e. The summed E-state index contributed by atoms with van der Waals surface area (Å²) in [5, 5.41) is 2.95. The zero-order chi connectivity index (χ0) is 36.3. The highest BCUT2D eigenvalue weighted by Gasteiger charge is 2.36. The molecule has 50 heavy (non-hydrogen) atoms. The number of hydrogen-bond acceptors (Lipinski definition) is 8. The summed E-state index contributed by atoms with van der Waals surface area (Å²) in [4.78, 5) is 29.9. The summed E-state index contributed by atoms with van der Waals surface area (Å²) in [6.45, 7) is 1.70. The number of nitrogens with zero attached hydrogens (tertiary/aromatic N) is 2. The second-order valence-corrected chi connectivity index (χ2v) is 14.0. The SMILES string of the molecule is CCCNC(=O)[C@@H](Cc1ccccc1)N(Cc1ccc(Br)cc1)C(=O)CN(c1cc(OC)ccc1OC)S(=O)(=O)c1ccc(OC)c(OC)c1. The number of benzene rings is 4. The minimum absolute atomic E-state index is 0.0304. The Balaban J connectivity index is 1.89. The molecule has 0 aliphatic heterocycles. The molecule has 13 heteroatoms. The van der Waals surface area contributed by atoms with E-state index in [4.69, 9.17) is 18.9 Å². The fraction of sp³-hybridized carbons (Fsp3) is 0.297. The van der Waals surface area contributed by atoms with Crippen LogP contribution in [0.15, 0.2) is 100 Å². The van der Waals surface area contributed by atoms with Crippen molar-refractivity contribution in [3.05, 3.63) is 107 Å². The van der Waals surface area contributed by atoms with E-state index in [0.29, 0.717) is 24.5 Å². The van der Waals surface area contributed by atoms with Crippen LogP contribution in [0.4, 0.5) is 5.69 Å². The summed E-state index contributed by atoms with van der Waals surface area (Å²) >= 11 is 3.46. The molecule has 2 amide bonds. The van der Waals surface area contributed by atoms with E-state index in [9.17, 15) is 18.0 Å². The van der Waals surface area contributed by atoms with Crippen LogP contribution in [0.3, 0.4) is 0 Å². The number of methoxy groups -OCH3 is 4. The van der Waals surface area contributed by atoms with Crippen molar-refractivity contribution >= 4 is 43.5 Å². The predicted octanol–water partition coefficient (Wildman–Crippen LogP) is 5.85. The summed E-state index contributed by atoms with van der Waals surface area (Å²) in [5.41, 5.74) is 1.65. The number of carbonyl (C=O) groups excluding carboxylic acids is 2. The molecule has 0 unspecified atom stereocenters. The highest BCUT2D eigenvalue weighted by Crippen LogP contribution is 2.38. The van der Waals surface area contributed by atoms with Gasteiger partial charge >= 0.3 is 0 Å². The third-order valence-corrected chi connectivity index (χ3v) is 10.2. The summed E-state index contributed by atoms with van der Waals surface area (Å²) in [6, 6.07) is 24.6. The van der Waals surface area contributed by atoms with Crippen molar-refractivity contribution in [1.82, 2.24) is 10.2 Å². The van der Waals surface area contributed by atoms with E-state index >= 15 is 0 Å². The Labute approximate surface area is 302 Å². The summed E-state index contributed by atoms with van der Waals surface area (Å²) < 4.78 is 52.9. The van der Waals surface area contributed by atoms with Gasteiger partial charge in [0, 0.05) is 36.1 Å². The maximum absolute atomic E-state index is 14.8. The Bertz CT molecular complexity index is 1860. The van der Waals surface area contributed by atoms with Gasteiger partial charge in [0.2, 0.25) is 11.8 Å². The number of halogens is 1. The number of sulfonamides is 1. The number of hydrogen-bond donors (Lipinski definition) is 1. The fourth-order valence-corrected chi connectivity index (χ4v) is 7.01. The van der Waals surface area contributed by atoms with Crippen molar-refractivity contribution in [2.75, 3.05) is 45.8 Å². The second kappa shape index (κ2) is 17.8. The van der Waals surface area contributed by atoms with E-state index in [-0.39, 0.29) is 41.0 Å². The number of ether oxygens (including phenoxy) is 4. The summed E-state index contributed by atoms with van der Waals surface area (Å²) in [5.74, 6) is 0.0706. The molecule has 0 aromatic heterocycles. The van der Waals surface area contributed by atoms with Crippen LogP contribution >= 0.6 is 15.9 Å². The van der Waals surface area contributed by atoms with Crippen molar-refractivity contribution in [3.8, 4) is 23.0 Å². The van der Waals surface area contributed by atoms with Crippen LogP contribution in [-0.4, -0.2) is 72.7 Å². The van der Waals surface area contributed by atoms with Gasteiger partial charge in [-0.3, -0.25) is 13.9 Å². The molecule has 0 fully saturated rings. The van der Waals surface area contributed by atoms with Crippen LogP contribution in [0.25, 0.3) is 0 Å². The van der Waals surface area contributed by atoms with Crippen molar-refractivity contribution in [2.24, 2.45) is 0 Å². The molecule has 0 saturated heterocycles. The van der Waals surface area contributed by atoms with Gasteiger partial charge in [-0.1, -0.05) is 65.3 Å². The topological polar surface area (TPSA) is 124 Å². The molecule has 4 aromatic rings. The number of anilines is 1. The van der Waals surface area contributed by atoms with Crippen molar-refractivity contribution in [2.45, 2.75) is 37.2 Å². The lowest BCUT2D eigenvalue weighted by Gasteiger charge is -2.34. The first kappa shape index (κ1) is 38.1. The number of amides is 2. The van der Waals surface area contributed by atoms with Gasteiger partial charge in [-0.2, -0.15) is 0 Å². The Kier molecular flexibility index (Phi) is 13.5. The third-order valence-electron chi connectivity index (χ3n) is 7.96. The molecule has 0 saturated carbocycles. The third kappa shape index (κ3) is 9.27. The van der Waals surface area contributed by atoms with Crippen LogP contribution < -0.4 is 28.6 Å². The summed E-state index contributed by atoms with van der Waals surface area (Å²) in [6.07, 6.45) is 0.890. The summed E-state index contributed by atoms with van der Waals surface area (Å²) in [7, 11) is 1.21. The molecule has 0 spiro atoms. The van der Waals surface area contributed by atoms with Gasteiger partial charge in [0.05, 0.1) is 39.0 Å². The van der Waals surface area contributed by atoms with E-state index in [2.05, 4.69) is 21.2 Å². The van der Waals surface area contributed by atoms with Crippen LogP contribution in [-0.2, 0) is 32.6 Å². The van der Waals surface area contributed by atoms with Gasteiger partial charge in [0.15, 0.2) is 11.5 Å². The first-order chi connectivity index (χ1) is 24.1. The molecule has 11 nitrogen and oxygen atoms in total. The standard InChI is InChI=1S/C37H42BrN3O8S/c1-6-20-39-37(43)32(21-26-10-8-7-9-11-26)40(24-27-12-14-28(38)15-13-27)36(42)25-41(31-22-29(46-2)16-18-33(31)47-3)50(44,45)30-17-19-34(48-4)35(23-30)49-5/h7-19,22-23,32H,6,20-21,24-25H2,1-5H3,(H,39,43)/t32-/m1/s1. The van der Waals surface area contributed by atoms with Crippen LogP contribution in [0, 0.1) is 0 Å². The lowest BCUT2D eigenvalue weighted by atomic mass is 10.0. The van der Waals surface area contributed by atoms with Gasteiger partial charge in [-0.05, 0) is 53.9 Å². The van der Waals surface area contributed by atoms with Crippen molar-refractivity contribution in [3.63, 3.8) is 0 Å². The van der Waals surface area contributed by atoms with Crippen LogP contribution in [0.5, 0.6) is 23.0 Å². The Morgan fingerprint density at radius 1 is 0.780 bits per heavy atom. The Hall–Kier alpha value is -4.75.